The lowest BCUT2D eigenvalue weighted by Crippen LogP contribution is -2.00. The lowest BCUT2D eigenvalue weighted by molar-refractivity contribution is 0.128. The van der Waals surface area contributed by atoms with Crippen LogP contribution in [0.1, 0.15) is 32.1 Å². The topological polar surface area (TPSA) is 35.2 Å². The third-order valence-electron chi connectivity index (χ3n) is 1.69. The molecule has 0 amide bonds. The maximum atomic E-state index is 5.39. The Morgan fingerprint density at radius 3 is 2.50 bits per heavy atom. The largest absolute Gasteiger partial charge is 0.381 e. The van der Waals surface area contributed by atoms with E-state index in [1.807, 2.05) is 6.08 Å². The number of rotatable bonds is 9. The van der Waals surface area contributed by atoms with Crippen molar-refractivity contribution in [3.05, 3.63) is 12.7 Å². The Hall–Kier alpha value is -0.340. The van der Waals surface area contributed by atoms with E-state index >= 15 is 0 Å². The third-order valence-corrected chi connectivity index (χ3v) is 1.69. The molecular weight excluding hydrogens is 150 g/mol. The summed E-state index contributed by atoms with van der Waals surface area (Å²) in [6.07, 6.45) is 7.54. The van der Waals surface area contributed by atoms with Crippen molar-refractivity contribution < 1.29 is 4.74 Å². The summed E-state index contributed by atoms with van der Waals surface area (Å²) in [6, 6.07) is 0. The summed E-state index contributed by atoms with van der Waals surface area (Å²) < 4.78 is 5.39. The van der Waals surface area contributed by atoms with Crippen molar-refractivity contribution in [3.63, 3.8) is 0 Å². The molecule has 0 rings (SSSR count). The van der Waals surface area contributed by atoms with E-state index in [1.54, 1.807) is 0 Å². The Bertz CT molecular complexity index is 93.8. The second-order valence-corrected chi connectivity index (χ2v) is 2.89. The second kappa shape index (κ2) is 10.7. The predicted molar refractivity (Wildman–Crippen MR) is 53.2 cm³/mol. The SMILES string of the molecule is C=CCCCOCCCCCN. The Balaban J connectivity index is 2.77. The average Bonchev–Trinajstić information content (AvgIpc) is 2.10. The summed E-state index contributed by atoms with van der Waals surface area (Å²) in [5, 5.41) is 0. The second-order valence-electron chi connectivity index (χ2n) is 2.89. The summed E-state index contributed by atoms with van der Waals surface area (Å²) in [6.45, 7) is 6.21. The smallest absolute Gasteiger partial charge is 0.0468 e. The molecule has 12 heavy (non-hydrogen) atoms. The van der Waals surface area contributed by atoms with Gasteiger partial charge in [0.15, 0.2) is 0 Å². The lowest BCUT2D eigenvalue weighted by Gasteiger charge is -2.01. The fraction of sp³-hybridized carbons (Fsp3) is 0.800. The highest BCUT2D eigenvalue weighted by Crippen LogP contribution is 1.96. The fourth-order valence-electron chi connectivity index (χ4n) is 0.957. The van der Waals surface area contributed by atoms with Crippen LogP contribution in [-0.2, 0) is 4.74 Å². The van der Waals surface area contributed by atoms with Crippen LogP contribution in [0.2, 0.25) is 0 Å². The number of hydrogen-bond donors (Lipinski definition) is 1. The zero-order valence-electron chi connectivity index (χ0n) is 7.93. The maximum absolute atomic E-state index is 5.39. The highest BCUT2D eigenvalue weighted by molar-refractivity contribution is 4.64. The molecular formula is C10H21NO. The minimum atomic E-state index is 0.802. The minimum absolute atomic E-state index is 0.802. The summed E-state index contributed by atoms with van der Waals surface area (Å²) in [4.78, 5) is 0. The molecule has 0 aromatic heterocycles. The Morgan fingerprint density at radius 2 is 1.83 bits per heavy atom. The molecule has 0 saturated heterocycles. The molecule has 0 saturated carbocycles. The van der Waals surface area contributed by atoms with Gasteiger partial charge in [-0.25, -0.2) is 0 Å². The number of nitrogens with two attached hydrogens (primary N) is 1. The van der Waals surface area contributed by atoms with Crippen LogP contribution < -0.4 is 5.73 Å². The number of ether oxygens (including phenoxy) is 1. The zero-order chi connectivity index (χ0) is 9.07. The van der Waals surface area contributed by atoms with Gasteiger partial charge in [-0.2, -0.15) is 0 Å². The first-order valence-corrected chi connectivity index (χ1v) is 4.80. The molecule has 0 aliphatic heterocycles. The summed E-state index contributed by atoms with van der Waals surface area (Å²) in [5.74, 6) is 0. The van der Waals surface area contributed by atoms with Crippen LogP contribution in [0.4, 0.5) is 0 Å². The maximum Gasteiger partial charge on any atom is 0.0468 e. The lowest BCUT2D eigenvalue weighted by atomic mass is 10.2. The van der Waals surface area contributed by atoms with Gasteiger partial charge in [0.1, 0.15) is 0 Å². The molecule has 0 heterocycles. The van der Waals surface area contributed by atoms with Crippen molar-refractivity contribution in [1.82, 2.24) is 0 Å². The molecule has 0 spiro atoms. The van der Waals surface area contributed by atoms with Crippen molar-refractivity contribution in [2.45, 2.75) is 32.1 Å². The Morgan fingerprint density at radius 1 is 1.08 bits per heavy atom. The number of hydrogen-bond acceptors (Lipinski definition) is 2. The third kappa shape index (κ3) is 9.66. The highest BCUT2D eigenvalue weighted by atomic mass is 16.5. The Labute approximate surface area is 75.8 Å². The van der Waals surface area contributed by atoms with E-state index < -0.39 is 0 Å². The van der Waals surface area contributed by atoms with Crippen LogP contribution in [-0.4, -0.2) is 19.8 Å². The van der Waals surface area contributed by atoms with Gasteiger partial charge < -0.3 is 10.5 Å². The van der Waals surface area contributed by atoms with E-state index in [4.69, 9.17) is 10.5 Å². The first-order valence-electron chi connectivity index (χ1n) is 4.80. The van der Waals surface area contributed by atoms with Crippen molar-refractivity contribution in [3.8, 4) is 0 Å². The van der Waals surface area contributed by atoms with Gasteiger partial charge in [-0.1, -0.05) is 6.08 Å². The quantitative estimate of drug-likeness (QED) is 0.426. The van der Waals surface area contributed by atoms with Gasteiger partial charge in [0.05, 0.1) is 0 Å². The Kier molecular flexibility index (Phi) is 10.4. The highest BCUT2D eigenvalue weighted by Gasteiger charge is 1.88. The van der Waals surface area contributed by atoms with E-state index in [-0.39, 0.29) is 0 Å². The molecule has 2 heteroatoms. The molecule has 0 aromatic rings. The predicted octanol–water partition coefficient (Wildman–Crippen LogP) is 2.10. The van der Waals surface area contributed by atoms with Crippen LogP contribution in [0.25, 0.3) is 0 Å². The molecule has 0 aliphatic carbocycles. The molecule has 0 fully saturated rings. The van der Waals surface area contributed by atoms with Gasteiger partial charge >= 0.3 is 0 Å². The average molecular weight is 171 g/mol. The molecule has 72 valence electrons. The van der Waals surface area contributed by atoms with Gasteiger partial charge in [0.25, 0.3) is 0 Å². The van der Waals surface area contributed by atoms with Crippen molar-refractivity contribution in [2.75, 3.05) is 19.8 Å². The molecule has 0 atom stereocenters. The monoisotopic (exact) mass is 171 g/mol. The first-order chi connectivity index (χ1) is 5.91. The number of unbranched alkanes of at least 4 members (excludes halogenated alkanes) is 3. The summed E-state index contributed by atoms with van der Waals surface area (Å²) in [7, 11) is 0. The van der Waals surface area contributed by atoms with Crippen LogP contribution in [0.15, 0.2) is 12.7 Å². The first kappa shape index (κ1) is 11.7. The van der Waals surface area contributed by atoms with E-state index in [2.05, 4.69) is 6.58 Å². The van der Waals surface area contributed by atoms with E-state index in [0.717, 1.165) is 45.4 Å². The van der Waals surface area contributed by atoms with E-state index in [9.17, 15) is 0 Å². The fourth-order valence-corrected chi connectivity index (χ4v) is 0.957. The molecule has 0 unspecified atom stereocenters. The van der Waals surface area contributed by atoms with Crippen molar-refractivity contribution in [2.24, 2.45) is 5.73 Å². The molecule has 0 aromatic carbocycles. The van der Waals surface area contributed by atoms with Crippen molar-refractivity contribution in [1.29, 1.82) is 0 Å². The van der Waals surface area contributed by atoms with Crippen molar-refractivity contribution >= 4 is 0 Å². The summed E-state index contributed by atoms with van der Waals surface area (Å²) in [5.41, 5.74) is 5.36. The van der Waals surface area contributed by atoms with E-state index in [1.165, 1.54) is 6.42 Å². The van der Waals surface area contributed by atoms with Crippen LogP contribution >= 0.6 is 0 Å². The van der Waals surface area contributed by atoms with E-state index in [0.29, 0.717) is 0 Å². The van der Waals surface area contributed by atoms with Crippen LogP contribution in [0.3, 0.4) is 0 Å². The standard InChI is InChI=1S/C10H21NO/c1-2-3-6-9-12-10-7-4-5-8-11/h2H,1,3-11H2. The van der Waals surface area contributed by atoms with Crippen LogP contribution in [0.5, 0.6) is 0 Å². The molecule has 0 aliphatic rings. The molecule has 2 nitrogen and oxygen atoms in total. The van der Waals surface area contributed by atoms with Crippen LogP contribution in [0, 0.1) is 0 Å². The minimum Gasteiger partial charge on any atom is -0.381 e. The zero-order valence-corrected chi connectivity index (χ0v) is 7.93. The van der Waals surface area contributed by atoms with Gasteiger partial charge in [-0.05, 0) is 38.6 Å². The molecule has 2 N–H and O–H groups in total. The normalized spacial score (nSPS) is 10.1. The molecule has 0 radical (unpaired) electrons. The number of allylic oxidation sites excluding steroid dienone is 1. The van der Waals surface area contributed by atoms with Gasteiger partial charge in [0.2, 0.25) is 0 Å². The van der Waals surface area contributed by atoms with Gasteiger partial charge in [-0.3, -0.25) is 0 Å². The summed E-state index contributed by atoms with van der Waals surface area (Å²) >= 11 is 0. The van der Waals surface area contributed by atoms with Gasteiger partial charge in [-0.15, -0.1) is 6.58 Å². The molecule has 0 bridgehead atoms. The van der Waals surface area contributed by atoms with Gasteiger partial charge in [0, 0.05) is 13.2 Å².